The first-order valence-corrected chi connectivity index (χ1v) is 8.54. The van der Waals surface area contributed by atoms with Gasteiger partial charge in [-0.2, -0.15) is 0 Å². The van der Waals surface area contributed by atoms with E-state index in [1.807, 2.05) is 61.5 Å². The van der Waals surface area contributed by atoms with Gasteiger partial charge in [0.1, 0.15) is 5.75 Å². The van der Waals surface area contributed by atoms with E-state index < -0.39 is 0 Å². The Morgan fingerprint density at radius 1 is 0.957 bits per heavy atom. The highest BCUT2D eigenvalue weighted by Gasteiger charge is 2.16. The van der Waals surface area contributed by atoms with Crippen LogP contribution in [0.15, 0.2) is 54.6 Å². The van der Waals surface area contributed by atoms with Gasteiger partial charge in [-0.1, -0.05) is 63.4 Å². The quantitative estimate of drug-likeness (QED) is 0.443. The predicted octanol–water partition coefficient (Wildman–Crippen LogP) is 5.63. The zero-order valence-corrected chi connectivity index (χ0v) is 14.1. The Balaban J connectivity index is 1.90. The molecule has 122 valence electrons. The first-order chi connectivity index (χ1) is 11.2. The van der Waals surface area contributed by atoms with Crippen LogP contribution in [0.3, 0.4) is 0 Å². The maximum atomic E-state index is 12.5. The van der Waals surface area contributed by atoms with Gasteiger partial charge in [0, 0.05) is 11.5 Å². The fourth-order valence-corrected chi connectivity index (χ4v) is 2.58. The maximum absolute atomic E-state index is 12.5. The van der Waals surface area contributed by atoms with Gasteiger partial charge in [-0.25, -0.2) is 0 Å². The van der Waals surface area contributed by atoms with Crippen LogP contribution in [0.4, 0.5) is 0 Å². The van der Waals surface area contributed by atoms with E-state index in [9.17, 15) is 4.79 Å². The van der Waals surface area contributed by atoms with Gasteiger partial charge in [0.15, 0.2) is 5.78 Å². The number of carbonyl (C=O) groups is 1. The molecule has 2 rings (SSSR count). The van der Waals surface area contributed by atoms with Crippen molar-refractivity contribution in [1.82, 2.24) is 0 Å². The molecule has 0 saturated carbocycles. The number of Topliss-reactive ketones (excluding diaryl/α,β-unsaturated/α-hetero) is 1. The van der Waals surface area contributed by atoms with Crippen LogP contribution in [0.25, 0.3) is 0 Å². The number of hydrogen-bond donors (Lipinski definition) is 0. The molecule has 2 heteroatoms. The monoisotopic (exact) mass is 310 g/mol. The molecule has 0 N–H and O–H groups in total. The maximum Gasteiger partial charge on any atom is 0.170 e. The standard InChI is InChI=1S/C21H26O2/c1-3-4-5-9-16-23-20-14-12-19(13-15-20)21(22)17(2)18-10-7-6-8-11-18/h6-8,10-15,17H,3-5,9,16H2,1-2H3. The molecule has 0 saturated heterocycles. The first-order valence-electron chi connectivity index (χ1n) is 8.54. The second-order valence-corrected chi connectivity index (χ2v) is 5.93. The van der Waals surface area contributed by atoms with Crippen molar-refractivity contribution in [3.63, 3.8) is 0 Å². The molecule has 1 unspecified atom stereocenters. The summed E-state index contributed by atoms with van der Waals surface area (Å²) < 4.78 is 5.72. The number of ether oxygens (including phenoxy) is 1. The van der Waals surface area contributed by atoms with Gasteiger partial charge in [-0.05, 0) is 36.2 Å². The first kappa shape index (κ1) is 17.3. The van der Waals surface area contributed by atoms with Gasteiger partial charge >= 0.3 is 0 Å². The minimum absolute atomic E-state index is 0.128. The third-order valence-electron chi connectivity index (χ3n) is 4.10. The molecule has 2 nitrogen and oxygen atoms in total. The number of rotatable bonds is 9. The lowest BCUT2D eigenvalue weighted by Gasteiger charge is -2.11. The summed E-state index contributed by atoms with van der Waals surface area (Å²) in [5.74, 6) is 0.855. The Morgan fingerprint density at radius 2 is 1.65 bits per heavy atom. The van der Waals surface area contributed by atoms with Crippen LogP contribution in [0.1, 0.15) is 61.4 Å². The van der Waals surface area contributed by atoms with Gasteiger partial charge < -0.3 is 4.74 Å². The number of hydrogen-bond acceptors (Lipinski definition) is 2. The number of carbonyl (C=O) groups excluding carboxylic acids is 1. The van der Waals surface area contributed by atoms with Gasteiger partial charge in [-0.3, -0.25) is 4.79 Å². The fourth-order valence-electron chi connectivity index (χ4n) is 2.58. The SMILES string of the molecule is CCCCCCOc1ccc(C(=O)C(C)c2ccccc2)cc1. The van der Waals surface area contributed by atoms with E-state index in [0.717, 1.165) is 29.9 Å². The molecule has 1 atom stereocenters. The summed E-state index contributed by atoms with van der Waals surface area (Å²) in [4.78, 5) is 12.5. The summed E-state index contributed by atoms with van der Waals surface area (Å²) in [5.41, 5.74) is 1.79. The average molecular weight is 310 g/mol. The summed E-state index contributed by atoms with van der Waals surface area (Å²) in [6.07, 6.45) is 4.78. The molecule has 0 aliphatic heterocycles. The summed E-state index contributed by atoms with van der Waals surface area (Å²) in [5, 5.41) is 0. The normalized spacial score (nSPS) is 11.9. The second kappa shape index (κ2) is 9.14. The van der Waals surface area contributed by atoms with Crippen molar-refractivity contribution in [3.05, 3.63) is 65.7 Å². The molecular formula is C21H26O2. The Kier molecular flexibility index (Phi) is 6.86. The lowest BCUT2D eigenvalue weighted by atomic mass is 9.92. The van der Waals surface area contributed by atoms with Crippen molar-refractivity contribution in [1.29, 1.82) is 0 Å². The summed E-state index contributed by atoms with van der Waals surface area (Å²) in [7, 11) is 0. The molecule has 0 spiro atoms. The Morgan fingerprint density at radius 3 is 2.30 bits per heavy atom. The van der Waals surface area contributed by atoms with Crippen molar-refractivity contribution in [2.75, 3.05) is 6.61 Å². The summed E-state index contributed by atoms with van der Waals surface area (Å²) in [6.45, 7) is 4.90. The molecule has 2 aromatic carbocycles. The van der Waals surface area contributed by atoms with Crippen LogP contribution in [-0.4, -0.2) is 12.4 Å². The molecule has 0 aromatic heterocycles. The molecule has 0 aliphatic rings. The van der Waals surface area contributed by atoms with Crippen LogP contribution in [0.2, 0.25) is 0 Å². The number of benzene rings is 2. The van der Waals surface area contributed by atoms with Gasteiger partial charge in [-0.15, -0.1) is 0 Å². The van der Waals surface area contributed by atoms with E-state index in [1.165, 1.54) is 19.3 Å². The zero-order chi connectivity index (χ0) is 16.5. The van der Waals surface area contributed by atoms with Crippen LogP contribution in [0.5, 0.6) is 5.75 Å². The average Bonchev–Trinajstić information content (AvgIpc) is 2.61. The molecule has 23 heavy (non-hydrogen) atoms. The lowest BCUT2D eigenvalue weighted by molar-refractivity contribution is 0.0966. The zero-order valence-electron chi connectivity index (χ0n) is 14.1. The highest BCUT2D eigenvalue weighted by Crippen LogP contribution is 2.22. The number of unbranched alkanes of at least 4 members (excludes halogenated alkanes) is 3. The Hall–Kier alpha value is -2.09. The van der Waals surface area contributed by atoms with E-state index in [1.54, 1.807) is 0 Å². The smallest absolute Gasteiger partial charge is 0.170 e. The minimum Gasteiger partial charge on any atom is -0.494 e. The molecule has 0 bridgehead atoms. The van der Waals surface area contributed by atoms with Crippen molar-refractivity contribution >= 4 is 5.78 Å². The van der Waals surface area contributed by atoms with E-state index >= 15 is 0 Å². The third-order valence-corrected chi connectivity index (χ3v) is 4.10. The Labute approximate surface area is 139 Å². The topological polar surface area (TPSA) is 26.3 Å². The van der Waals surface area contributed by atoms with Gasteiger partial charge in [0.05, 0.1) is 6.61 Å². The molecule has 0 aliphatic carbocycles. The molecule has 0 amide bonds. The third kappa shape index (κ3) is 5.24. The largest absolute Gasteiger partial charge is 0.494 e. The van der Waals surface area contributed by atoms with E-state index in [-0.39, 0.29) is 11.7 Å². The van der Waals surface area contributed by atoms with E-state index in [2.05, 4.69) is 6.92 Å². The Bertz CT molecular complexity index is 587. The van der Waals surface area contributed by atoms with Crippen molar-refractivity contribution < 1.29 is 9.53 Å². The highest BCUT2D eigenvalue weighted by atomic mass is 16.5. The predicted molar refractivity (Wildman–Crippen MR) is 95.3 cm³/mol. The molecular weight excluding hydrogens is 284 g/mol. The van der Waals surface area contributed by atoms with Crippen molar-refractivity contribution in [3.8, 4) is 5.75 Å². The van der Waals surface area contributed by atoms with Crippen LogP contribution in [0, 0.1) is 0 Å². The van der Waals surface area contributed by atoms with Gasteiger partial charge in [0.2, 0.25) is 0 Å². The minimum atomic E-state index is -0.128. The second-order valence-electron chi connectivity index (χ2n) is 5.93. The van der Waals surface area contributed by atoms with Crippen LogP contribution < -0.4 is 4.74 Å². The van der Waals surface area contributed by atoms with Crippen molar-refractivity contribution in [2.24, 2.45) is 0 Å². The lowest BCUT2D eigenvalue weighted by Crippen LogP contribution is -2.09. The summed E-state index contributed by atoms with van der Waals surface area (Å²) >= 11 is 0. The fraction of sp³-hybridized carbons (Fsp3) is 0.381. The van der Waals surface area contributed by atoms with Crippen LogP contribution in [-0.2, 0) is 0 Å². The van der Waals surface area contributed by atoms with Crippen LogP contribution >= 0.6 is 0 Å². The summed E-state index contributed by atoms with van der Waals surface area (Å²) in [6, 6.07) is 17.4. The van der Waals surface area contributed by atoms with E-state index in [4.69, 9.17) is 4.74 Å². The highest BCUT2D eigenvalue weighted by molar-refractivity contribution is 6.00. The number of ketones is 1. The molecule has 0 fully saturated rings. The van der Waals surface area contributed by atoms with Gasteiger partial charge in [0.25, 0.3) is 0 Å². The van der Waals surface area contributed by atoms with E-state index in [0.29, 0.717) is 0 Å². The molecule has 0 radical (unpaired) electrons. The molecule has 0 heterocycles. The van der Waals surface area contributed by atoms with Crippen molar-refractivity contribution in [2.45, 2.75) is 45.4 Å². The molecule has 2 aromatic rings.